The first-order valence-corrected chi connectivity index (χ1v) is 2.56. The van der Waals surface area contributed by atoms with Crippen LogP contribution in [0.1, 0.15) is 12.7 Å². The Morgan fingerprint density at radius 1 is 1.89 bits per heavy atom. The van der Waals surface area contributed by atoms with E-state index in [4.69, 9.17) is 0 Å². The maximum absolute atomic E-state index is 9.98. The van der Waals surface area contributed by atoms with E-state index >= 15 is 0 Å². The van der Waals surface area contributed by atoms with Gasteiger partial charge in [0.15, 0.2) is 0 Å². The summed E-state index contributed by atoms with van der Waals surface area (Å²) in [6.45, 7) is 1.66. The van der Waals surface area contributed by atoms with Gasteiger partial charge < -0.3 is 4.98 Å². The van der Waals surface area contributed by atoms with Gasteiger partial charge in [0.05, 0.1) is 5.57 Å². The van der Waals surface area contributed by atoms with Crippen LogP contribution in [0.5, 0.6) is 0 Å². The third-order valence-electron chi connectivity index (χ3n) is 1.01. The van der Waals surface area contributed by atoms with Gasteiger partial charge in [0.25, 0.3) is 0 Å². The summed E-state index contributed by atoms with van der Waals surface area (Å²) in [6.07, 6.45) is 3.26. The number of aromatic nitrogens is 2. The molecule has 0 bridgehead atoms. The standard InChI is InChI=1S/C6H6N2O/c1-5(4-9)6-7-2-3-8-6/h2-3H,1H3,(H,7,8). The number of hydrogen-bond acceptors (Lipinski definition) is 2. The Morgan fingerprint density at radius 2 is 2.67 bits per heavy atom. The molecule has 0 aliphatic heterocycles. The third kappa shape index (κ3) is 1.06. The number of hydrogen-bond donors (Lipinski definition) is 1. The lowest BCUT2D eigenvalue weighted by atomic mass is 10.3. The molecule has 0 amide bonds. The van der Waals surface area contributed by atoms with Crippen LogP contribution in [0.15, 0.2) is 12.4 Å². The van der Waals surface area contributed by atoms with E-state index < -0.39 is 0 Å². The van der Waals surface area contributed by atoms with Crippen molar-refractivity contribution < 1.29 is 4.79 Å². The quantitative estimate of drug-likeness (QED) is 0.556. The van der Waals surface area contributed by atoms with Crippen molar-refractivity contribution >= 4 is 11.5 Å². The fourth-order valence-electron chi connectivity index (χ4n) is 0.519. The van der Waals surface area contributed by atoms with Crippen molar-refractivity contribution in [2.75, 3.05) is 0 Å². The van der Waals surface area contributed by atoms with E-state index in [1.165, 1.54) is 0 Å². The Hall–Kier alpha value is -1.34. The molecule has 1 rings (SSSR count). The highest BCUT2D eigenvalue weighted by Gasteiger charge is 1.94. The molecule has 0 atom stereocenters. The molecule has 1 N–H and O–H groups in total. The first-order valence-electron chi connectivity index (χ1n) is 2.56. The zero-order chi connectivity index (χ0) is 6.69. The molecule has 46 valence electrons. The van der Waals surface area contributed by atoms with Crippen molar-refractivity contribution in [1.29, 1.82) is 0 Å². The van der Waals surface area contributed by atoms with Crippen LogP contribution >= 0.6 is 0 Å². The first kappa shape index (κ1) is 5.79. The van der Waals surface area contributed by atoms with Gasteiger partial charge in [-0.3, -0.25) is 0 Å². The molecule has 3 nitrogen and oxygen atoms in total. The van der Waals surface area contributed by atoms with Gasteiger partial charge in [0.1, 0.15) is 11.8 Å². The van der Waals surface area contributed by atoms with E-state index in [0.29, 0.717) is 11.4 Å². The van der Waals surface area contributed by atoms with Crippen molar-refractivity contribution in [3.05, 3.63) is 18.2 Å². The normalized spacial score (nSPS) is 8.56. The van der Waals surface area contributed by atoms with Crippen LogP contribution in [0.25, 0.3) is 5.57 Å². The molecule has 1 aromatic rings. The number of aromatic amines is 1. The summed E-state index contributed by atoms with van der Waals surface area (Å²) in [6, 6.07) is 0. The Balaban J connectivity index is 3.03. The first-order chi connectivity index (χ1) is 4.34. The highest BCUT2D eigenvalue weighted by atomic mass is 16.1. The molecule has 1 aromatic heterocycles. The summed E-state index contributed by atoms with van der Waals surface area (Å²) < 4.78 is 0. The second-order valence-corrected chi connectivity index (χ2v) is 1.66. The second kappa shape index (κ2) is 2.29. The van der Waals surface area contributed by atoms with Crippen molar-refractivity contribution in [3.8, 4) is 0 Å². The van der Waals surface area contributed by atoms with E-state index in [0.717, 1.165) is 0 Å². The zero-order valence-corrected chi connectivity index (χ0v) is 5.01. The average molecular weight is 122 g/mol. The van der Waals surface area contributed by atoms with Crippen molar-refractivity contribution in [3.63, 3.8) is 0 Å². The van der Waals surface area contributed by atoms with Crippen molar-refractivity contribution in [2.24, 2.45) is 0 Å². The van der Waals surface area contributed by atoms with Gasteiger partial charge in [-0.15, -0.1) is 0 Å². The van der Waals surface area contributed by atoms with Crippen LogP contribution < -0.4 is 0 Å². The van der Waals surface area contributed by atoms with Crippen LogP contribution in [-0.4, -0.2) is 15.9 Å². The fraction of sp³-hybridized carbons (Fsp3) is 0.167. The second-order valence-electron chi connectivity index (χ2n) is 1.66. The summed E-state index contributed by atoms with van der Waals surface area (Å²) in [5.41, 5.74) is 0.500. The molecule has 1 heterocycles. The highest BCUT2D eigenvalue weighted by molar-refractivity contribution is 5.83. The predicted octanol–water partition coefficient (Wildman–Crippen LogP) is 0.645. The van der Waals surface area contributed by atoms with E-state index in [-0.39, 0.29) is 0 Å². The van der Waals surface area contributed by atoms with Crippen LogP contribution in [0.2, 0.25) is 0 Å². The molecule has 0 aliphatic carbocycles. The summed E-state index contributed by atoms with van der Waals surface area (Å²) in [5, 5.41) is 0. The van der Waals surface area contributed by atoms with Gasteiger partial charge in [0.2, 0.25) is 0 Å². The van der Waals surface area contributed by atoms with Gasteiger partial charge in [-0.1, -0.05) is 0 Å². The smallest absolute Gasteiger partial charge is 0.144 e. The third-order valence-corrected chi connectivity index (χ3v) is 1.01. The highest BCUT2D eigenvalue weighted by Crippen LogP contribution is 2.00. The van der Waals surface area contributed by atoms with Gasteiger partial charge in [0, 0.05) is 12.4 Å². The minimum Gasteiger partial charge on any atom is -0.344 e. The lowest BCUT2D eigenvalue weighted by molar-refractivity contribution is 0.569. The number of rotatable bonds is 1. The van der Waals surface area contributed by atoms with Crippen LogP contribution in [-0.2, 0) is 4.79 Å². The zero-order valence-electron chi connectivity index (χ0n) is 5.01. The minimum absolute atomic E-state index is 0.500. The Kier molecular flexibility index (Phi) is 1.47. The molecule has 9 heavy (non-hydrogen) atoms. The van der Waals surface area contributed by atoms with Gasteiger partial charge in [-0.05, 0) is 6.92 Å². The number of allylic oxidation sites excluding steroid dienone is 1. The lowest BCUT2D eigenvalue weighted by Crippen LogP contribution is -1.80. The maximum atomic E-state index is 9.98. The molecule has 0 aliphatic rings. The Morgan fingerprint density at radius 3 is 3.11 bits per heavy atom. The average Bonchev–Trinajstić information content (AvgIpc) is 2.37. The molecule has 0 aromatic carbocycles. The monoisotopic (exact) mass is 122 g/mol. The minimum atomic E-state index is 0.500. The summed E-state index contributed by atoms with van der Waals surface area (Å²) >= 11 is 0. The largest absolute Gasteiger partial charge is 0.344 e. The molecule has 0 saturated heterocycles. The van der Waals surface area contributed by atoms with Gasteiger partial charge in [-0.25, -0.2) is 9.78 Å². The summed E-state index contributed by atoms with van der Waals surface area (Å²) in [5.74, 6) is 2.33. The lowest BCUT2D eigenvalue weighted by Gasteiger charge is -1.83. The number of imidazole rings is 1. The van der Waals surface area contributed by atoms with Gasteiger partial charge in [-0.2, -0.15) is 0 Å². The fourth-order valence-corrected chi connectivity index (χ4v) is 0.519. The maximum Gasteiger partial charge on any atom is 0.144 e. The Labute approximate surface area is 52.4 Å². The molecule has 0 spiro atoms. The topological polar surface area (TPSA) is 45.8 Å². The number of nitrogens with one attached hydrogen (secondary N) is 1. The molecule has 0 fully saturated rings. The number of H-pyrrole nitrogens is 1. The van der Waals surface area contributed by atoms with E-state index in [1.807, 2.05) is 0 Å². The molecule has 0 radical (unpaired) electrons. The van der Waals surface area contributed by atoms with Crippen LogP contribution in [0.4, 0.5) is 0 Å². The van der Waals surface area contributed by atoms with E-state index in [1.54, 1.807) is 25.3 Å². The predicted molar refractivity (Wildman–Crippen MR) is 33.4 cm³/mol. The molecule has 3 heteroatoms. The van der Waals surface area contributed by atoms with Gasteiger partial charge >= 0.3 is 0 Å². The summed E-state index contributed by atoms with van der Waals surface area (Å²) in [7, 11) is 0. The molecule has 0 saturated carbocycles. The van der Waals surface area contributed by atoms with Crippen LogP contribution in [0.3, 0.4) is 0 Å². The summed E-state index contributed by atoms with van der Waals surface area (Å²) in [4.78, 5) is 16.6. The van der Waals surface area contributed by atoms with E-state index in [2.05, 4.69) is 9.97 Å². The number of nitrogens with zero attached hydrogens (tertiary/aromatic N) is 1. The van der Waals surface area contributed by atoms with E-state index in [9.17, 15) is 4.79 Å². The molecule has 0 unspecified atom stereocenters. The van der Waals surface area contributed by atoms with Crippen molar-refractivity contribution in [1.82, 2.24) is 9.97 Å². The number of carbonyl (C=O) groups excluding carboxylic acids is 1. The SMILES string of the molecule is CC(=C=O)c1ncc[nH]1. The van der Waals surface area contributed by atoms with Crippen molar-refractivity contribution in [2.45, 2.75) is 6.92 Å². The molecular formula is C6H6N2O. The van der Waals surface area contributed by atoms with Crippen LogP contribution in [0, 0.1) is 0 Å². The Bertz CT molecular complexity index is 232. The molecular weight excluding hydrogens is 116 g/mol.